The van der Waals surface area contributed by atoms with Crippen molar-refractivity contribution in [3.63, 3.8) is 0 Å². The van der Waals surface area contributed by atoms with Crippen molar-refractivity contribution >= 4 is 5.97 Å². The van der Waals surface area contributed by atoms with Crippen LogP contribution in [0.1, 0.15) is 93.9 Å². The Kier molecular flexibility index (Phi) is 15.4. The molecule has 0 radical (unpaired) electrons. The minimum absolute atomic E-state index is 0.0318. The molecule has 0 aromatic rings. The van der Waals surface area contributed by atoms with Crippen molar-refractivity contribution in [2.45, 2.75) is 185 Å². The van der Waals surface area contributed by atoms with E-state index in [2.05, 4.69) is 19.9 Å². The summed E-state index contributed by atoms with van der Waals surface area (Å²) in [7, 11) is 3.21. The van der Waals surface area contributed by atoms with Crippen molar-refractivity contribution < 1.29 is 67.5 Å². The van der Waals surface area contributed by atoms with Crippen molar-refractivity contribution in [2.24, 2.45) is 17.8 Å². The molecular formula is C45H70O14. The van der Waals surface area contributed by atoms with Crippen LogP contribution in [0, 0.1) is 17.8 Å². The number of aliphatic hydroxyl groups is 3. The number of esters is 1. The summed E-state index contributed by atoms with van der Waals surface area (Å²) in [5, 5.41) is 34.0. The van der Waals surface area contributed by atoms with Gasteiger partial charge in [0.2, 0.25) is 0 Å². The Morgan fingerprint density at radius 3 is 2.27 bits per heavy atom. The van der Waals surface area contributed by atoms with Gasteiger partial charge in [-0.25, -0.2) is 0 Å². The summed E-state index contributed by atoms with van der Waals surface area (Å²) < 4.78 is 62.6. The van der Waals surface area contributed by atoms with Crippen molar-refractivity contribution in [1.29, 1.82) is 0 Å². The standard InChI is InChI=1S/C45H70O14/c1-24-16-17-44(53-22-24)21-29(6)54-43(48)33-18-27(4)38(46)42-45(33,49)32(23-52-42)13-11-12-25(2)40(26(3)14-15-28(5)59-44)57-37-20-35(51-10)41(31(8)56-37)58-36-19-34(50-9)39(47)30(7)55-36/h11-14,18,24-25,28-31,33-42,46-47,49H,15-17,19-23H2,1-10H3/b12-11+,26-14+,32-13+/t24-,25-,28-,29-,30-,31-,33-,34-,35-,36-,37-,38+,39-,40-,41-,42+,44-,45+/m0/s1. The molecule has 59 heavy (non-hydrogen) atoms. The predicted octanol–water partition coefficient (Wildman–Crippen LogP) is 4.82. The van der Waals surface area contributed by atoms with Gasteiger partial charge in [-0.15, -0.1) is 0 Å². The zero-order valence-electron chi connectivity index (χ0n) is 36.6. The van der Waals surface area contributed by atoms with Crippen LogP contribution in [-0.2, 0) is 52.2 Å². The first-order chi connectivity index (χ1) is 28.0. The summed E-state index contributed by atoms with van der Waals surface area (Å²) in [6.07, 6.45) is 4.98. The molecule has 1 spiro atoms. The Morgan fingerprint density at radius 2 is 1.58 bits per heavy atom. The molecule has 6 aliphatic rings. The van der Waals surface area contributed by atoms with E-state index in [0.717, 1.165) is 12.0 Å². The summed E-state index contributed by atoms with van der Waals surface area (Å²) in [5.74, 6) is -2.50. The van der Waals surface area contributed by atoms with E-state index in [1.807, 2.05) is 39.8 Å². The van der Waals surface area contributed by atoms with Crippen molar-refractivity contribution in [3.8, 4) is 0 Å². The molecule has 4 saturated heterocycles. The molecule has 14 nitrogen and oxygen atoms in total. The Labute approximate surface area is 350 Å². The molecule has 0 bridgehead atoms. The van der Waals surface area contributed by atoms with E-state index < -0.39 is 90.8 Å². The van der Waals surface area contributed by atoms with E-state index in [-0.39, 0.29) is 24.7 Å². The third-order valence-corrected chi connectivity index (χ3v) is 13.2. The molecule has 0 aromatic carbocycles. The Balaban J connectivity index is 1.27. The van der Waals surface area contributed by atoms with Gasteiger partial charge >= 0.3 is 5.97 Å². The quantitative estimate of drug-likeness (QED) is 0.246. The van der Waals surface area contributed by atoms with Crippen LogP contribution in [0.2, 0.25) is 0 Å². The zero-order valence-corrected chi connectivity index (χ0v) is 36.6. The average molecular weight is 835 g/mol. The molecular weight excluding hydrogens is 764 g/mol. The molecule has 5 heterocycles. The number of hydrogen-bond acceptors (Lipinski definition) is 14. The molecule has 14 heteroatoms. The highest BCUT2D eigenvalue weighted by molar-refractivity contribution is 5.78. The lowest BCUT2D eigenvalue weighted by Gasteiger charge is -2.44. The second kappa shape index (κ2) is 19.6. The minimum Gasteiger partial charge on any atom is -0.462 e. The summed E-state index contributed by atoms with van der Waals surface area (Å²) in [4.78, 5) is 14.0. The number of carbonyl (C=O) groups excluding carboxylic acids is 1. The fraction of sp³-hybridized carbons (Fsp3) is 0.800. The summed E-state index contributed by atoms with van der Waals surface area (Å²) >= 11 is 0. The van der Waals surface area contributed by atoms with Crippen molar-refractivity contribution in [1.82, 2.24) is 0 Å². The number of rotatable bonds is 6. The van der Waals surface area contributed by atoms with Crippen LogP contribution >= 0.6 is 0 Å². The molecule has 0 amide bonds. The Morgan fingerprint density at radius 1 is 0.881 bits per heavy atom. The largest absolute Gasteiger partial charge is 0.462 e. The third kappa shape index (κ3) is 10.3. The zero-order chi connectivity index (χ0) is 42.8. The SMILES string of the molecule is CO[C@H]1C[C@H](O[C@H]2[C@H](C)O[C@@H](O[C@@H]3/C(C)=C/C[C@H](C)O[C@@]4(CC[C@H](C)CO4)C[C@H](C)OC(=O)[C@@H]4C=C(C)[C@@H](O)[C@H]5OC/C(=C\C=C\[C@@H]3C)[C@]54O)C[C@@H]2OC)O[C@@H](C)[C@@H]1O. The van der Waals surface area contributed by atoms with Gasteiger partial charge in [0.1, 0.15) is 42.0 Å². The number of cyclic esters (lactones) is 1. The lowest BCUT2D eigenvalue weighted by atomic mass is 9.71. The number of methoxy groups -OCH3 is 2. The van der Waals surface area contributed by atoms with Crippen molar-refractivity contribution in [2.75, 3.05) is 27.4 Å². The molecule has 0 aromatic heterocycles. The summed E-state index contributed by atoms with van der Waals surface area (Å²) in [5.41, 5.74) is 0.155. The second-order valence-corrected chi connectivity index (χ2v) is 18.0. The summed E-state index contributed by atoms with van der Waals surface area (Å²) in [6, 6.07) is 0. The molecule has 6 rings (SSSR count). The predicted molar refractivity (Wildman–Crippen MR) is 216 cm³/mol. The lowest BCUT2D eigenvalue weighted by Crippen LogP contribution is -2.57. The fourth-order valence-electron chi connectivity index (χ4n) is 9.60. The Hall–Kier alpha value is -2.05. The van der Waals surface area contributed by atoms with Crippen LogP contribution in [0.4, 0.5) is 0 Å². The van der Waals surface area contributed by atoms with E-state index >= 15 is 0 Å². The van der Waals surface area contributed by atoms with Crippen LogP contribution < -0.4 is 0 Å². The molecule has 4 fully saturated rings. The van der Waals surface area contributed by atoms with Crippen LogP contribution in [0.15, 0.2) is 47.1 Å². The highest BCUT2D eigenvalue weighted by Crippen LogP contribution is 2.46. The fourth-order valence-corrected chi connectivity index (χ4v) is 9.60. The molecule has 5 aliphatic heterocycles. The van der Waals surface area contributed by atoms with E-state index in [1.165, 1.54) is 0 Å². The average Bonchev–Trinajstić information content (AvgIpc) is 3.53. The van der Waals surface area contributed by atoms with Gasteiger partial charge in [0.05, 0.1) is 49.8 Å². The maximum Gasteiger partial charge on any atom is 0.316 e. The normalized spacial score (nSPS) is 49.0. The van der Waals surface area contributed by atoms with Gasteiger partial charge in [0, 0.05) is 45.8 Å². The molecule has 18 atom stereocenters. The van der Waals surface area contributed by atoms with Crippen molar-refractivity contribution in [3.05, 3.63) is 47.1 Å². The van der Waals surface area contributed by atoms with Crippen LogP contribution in [-0.4, -0.2) is 140 Å². The van der Waals surface area contributed by atoms with Crippen LogP contribution in [0.25, 0.3) is 0 Å². The van der Waals surface area contributed by atoms with Crippen LogP contribution in [0.3, 0.4) is 0 Å². The highest BCUT2D eigenvalue weighted by Gasteiger charge is 2.59. The van der Waals surface area contributed by atoms with Gasteiger partial charge in [0.25, 0.3) is 0 Å². The first-order valence-electron chi connectivity index (χ1n) is 21.6. The topological polar surface area (TPSA) is 170 Å². The highest BCUT2D eigenvalue weighted by atomic mass is 16.7. The van der Waals surface area contributed by atoms with Gasteiger partial charge in [-0.3, -0.25) is 4.79 Å². The van der Waals surface area contributed by atoms with Gasteiger partial charge in [-0.05, 0) is 77.0 Å². The maximum absolute atomic E-state index is 14.0. The molecule has 0 saturated carbocycles. The van der Waals surface area contributed by atoms with E-state index in [4.69, 9.17) is 47.4 Å². The smallest absolute Gasteiger partial charge is 0.316 e. The third-order valence-electron chi connectivity index (χ3n) is 13.2. The lowest BCUT2D eigenvalue weighted by molar-refractivity contribution is -0.318. The number of hydrogen-bond donors (Lipinski definition) is 3. The first-order valence-corrected chi connectivity index (χ1v) is 21.6. The molecule has 3 N–H and O–H groups in total. The number of aliphatic hydroxyl groups excluding tert-OH is 2. The van der Waals surface area contributed by atoms with E-state index in [0.29, 0.717) is 55.8 Å². The number of ether oxygens (including phenoxy) is 10. The maximum atomic E-state index is 14.0. The van der Waals surface area contributed by atoms with Gasteiger partial charge < -0.3 is 62.7 Å². The number of allylic oxidation sites excluding steroid dienone is 2. The first kappa shape index (κ1) is 46.5. The van der Waals surface area contributed by atoms with Gasteiger partial charge in [-0.2, -0.15) is 0 Å². The monoisotopic (exact) mass is 834 g/mol. The van der Waals surface area contributed by atoms with E-state index in [1.54, 1.807) is 40.2 Å². The summed E-state index contributed by atoms with van der Waals surface area (Å²) in [6.45, 7) is 16.1. The second-order valence-electron chi connectivity index (χ2n) is 18.0. The molecule has 0 unspecified atom stereocenters. The van der Waals surface area contributed by atoms with Crippen LogP contribution in [0.5, 0.6) is 0 Å². The van der Waals surface area contributed by atoms with Gasteiger partial charge in [0.15, 0.2) is 18.4 Å². The minimum atomic E-state index is -1.83. The Bertz CT molecular complexity index is 1550. The molecule has 1 aliphatic carbocycles. The number of carbonyl (C=O) groups is 1. The van der Waals surface area contributed by atoms with E-state index in [9.17, 15) is 20.1 Å². The molecule has 334 valence electrons. The van der Waals surface area contributed by atoms with Gasteiger partial charge in [-0.1, -0.05) is 44.2 Å².